The number of ether oxygens (including phenoxy) is 1. The monoisotopic (exact) mass is 513 g/mol. The molecule has 0 aliphatic rings. The molecule has 1 unspecified atom stereocenters. The van der Waals surface area contributed by atoms with Crippen molar-refractivity contribution in [2.75, 3.05) is 44.9 Å². The molecule has 11 heteroatoms. The Hall–Kier alpha value is -4.28. The van der Waals surface area contributed by atoms with E-state index in [1.165, 1.54) is 16.9 Å². The highest BCUT2D eigenvalue weighted by atomic mass is 16.5. The molecule has 0 heterocycles. The van der Waals surface area contributed by atoms with E-state index >= 15 is 0 Å². The molecule has 37 heavy (non-hydrogen) atoms. The average Bonchev–Trinajstić information content (AvgIpc) is 2.83. The van der Waals surface area contributed by atoms with Crippen molar-refractivity contribution in [1.29, 1.82) is 0 Å². The number of aryl methyl sites for hydroxylation is 1. The van der Waals surface area contributed by atoms with E-state index in [2.05, 4.69) is 16.0 Å². The summed E-state index contributed by atoms with van der Waals surface area (Å²) in [6.45, 7) is 4.08. The fourth-order valence-electron chi connectivity index (χ4n) is 3.41. The quantitative estimate of drug-likeness (QED) is 0.364. The Morgan fingerprint density at radius 3 is 2.27 bits per heavy atom. The molecule has 0 fully saturated rings. The van der Waals surface area contributed by atoms with Crippen LogP contribution in [0.2, 0.25) is 0 Å². The van der Waals surface area contributed by atoms with Crippen molar-refractivity contribution < 1.29 is 29.0 Å². The van der Waals surface area contributed by atoms with Gasteiger partial charge in [0.1, 0.15) is 5.75 Å². The highest BCUT2D eigenvalue weighted by molar-refractivity contribution is 6.01. The average molecular weight is 514 g/mol. The molecule has 11 nitrogen and oxygen atoms in total. The molecule has 1 atom stereocenters. The zero-order chi connectivity index (χ0) is 27.5. The molecule has 4 N–H and O–H groups in total. The first-order chi connectivity index (χ1) is 17.5. The number of carboxylic acid groups (broad SMARTS) is 1. The number of benzene rings is 2. The van der Waals surface area contributed by atoms with Crippen LogP contribution >= 0.6 is 0 Å². The van der Waals surface area contributed by atoms with Crippen molar-refractivity contribution in [2.24, 2.45) is 0 Å². The Kier molecular flexibility index (Phi) is 10.7. The number of urea groups is 2. The predicted molar refractivity (Wildman–Crippen MR) is 141 cm³/mol. The number of para-hydroxylation sites is 1. The standard InChI is InChI=1S/C26H35N5O6/c1-17-8-6-7-9-20(17)28-25(35)29-21-11-10-19(15-22(21)37-5)16-23(32)30(3)12-13-31(4)26(36)27-18(2)14-24(33)34/h6-11,15,18H,12-14,16H2,1-5H3,(H,27,36)(H,33,34)(H2,28,29,35). The van der Waals surface area contributed by atoms with E-state index in [0.717, 1.165) is 5.56 Å². The van der Waals surface area contributed by atoms with Crippen LogP contribution in [-0.2, 0) is 16.0 Å². The number of amides is 5. The third kappa shape index (κ3) is 9.36. The fraction of sp³-hybridized carbons (Fsp3) is 0.385. The van der Waals surface area contributed by atoms with Crippen LogP contribution in [0.25, 0.3) is 0 Å². The Bertz CT molecular complexity index is 1120. The van der Waals surface area contributed by atoms with E-state index in [4.69, 9.17) is 9.84 Å². The lowest BCUT2D eigenvalue weighted by molar-refractivity contribution is -0.137. The first-order valence-corrected chi connectivity index (χ1v) is 11.8. The van der Waals surface area contributed by atoms with Crippen LogP contribution in [0.1, 0.15) is 24.5 Å². The number of nitrogens with zero attached hydrogens (tertiary/aromatic N) is 2. The second-order valence-corrected chi connectivity index (χ2v) is 8.79. The number of hydrogen-bond donors (Lipinski definition) is 4. The molecule has 0 spiro atoms. The van der Waals surface area contributed by atoms with Crippen molar-refractivity contribution in [3.05, 3.63) is 53.6 Å². The Labute approximate surface area is 216 Å². The van der Waals surface area contributed by atoms with Gasteiger partial charge in [-0.25, -0.2) is 9.59 Å². The summed E-state index contributed by atoms with van der Waals surface area (Å²) in [4.78, 5) is 51.0. The predicted octanol–water partition coefficient (Wildman–Crippen LogP) is 3.15. The van der Waals surface area contributed by atoms with Gasteiger partial charge in [-0.05, 0) is 43.2 Å². The van der Waals surface area contributed by atoms with Gasteiger partial charge < -0.3 is 35.6 Å². The van der Waals surface area contributed by atoms with Crippen LogP contribution < -0.4 is 20.7 Å². The van der Waals surface area contributed by atoms with Crippen LogP contribution in [0.15, 0.2) is 42.5 Å². The smallest absolute Gasteiger partial charge is 0.323 e. The summed E-state index contributed by atoms with van der Waals surface area (Å²) in [5.74, 6) is -0.736. The summed E-state index contributed by atoms with van der Waals surface area (Å²) in [5, 5.41) is 17.0. The van der Waals surface area contributed by atoms with Gasteiger partial charge in [-0.2, -0.15) is 0 Å². The van der Waals surface area contributed by atoms with Crippen LogP contribution in [0, 0.1) is 6.92 Å². The molecule has 2 aromatic rings. The number of anilines is 2. The number of carboxylic acids is 1. The van der Waals surface area contributed by atoms with Crippen LogP contribution in [-0.4, -0.2) is 79.2 Å². The third-order valence-corrected chi connectivity index (χ3v) is 5.66. The molecule has 2 rings (SSSR count). The van der Waals surface area contributed by atoms with Gasteiger partial charge in [-0.1, -0.05) is 24.3 Å². The van der Waals surface area contributed by atoms with E-state index in [0.29, 0.717) is 29.2 Å². The van der Waals surface area contributed by atoms with Gasteiger partial charge in [0.05, 0.1) is 25.6 Å². The number of nitrogens with one attached hydrogen (secondary N) is 3. The minimum Gasteiger partial charge on any atom is -0.495 e. The van der Waals surface area contributed by atoms with Gasteiger partial charge in [0.2, 0.25) is 5.91 Å². The maximum atomic E-state index is 12.7. The zero-order valence-corrected chi connectivity index (χ0v) is 21.8. The molecule has 0 aromatic heterocycles. The number of likely N-dealkylation sites (N-methyl/N-ethyl adjacent to an activating group) is 2. The van der Waals surface area contributed by atoms with Crippen LogP contribution in [0.3, 0.4) is 0 Å². The van der Waals surface area contributed by atoms with Gasteiger partial charge in [-0.15, -0.1) is 0 Å². The minimum atomic E-state index is -0.994. The molecule has 0 saturated carbocycles. The lowest BCUT2D eigenvalue weighted by atomic mass is 10.1. The lowest BCUT2D eigenvalue weighted by Gasteiger charge is -2.24. The molecule has 0 bridgehead atoms. The molecule has 200 valence electrons. The Morgan fingerprint density at radius 1 is 0.973 bits per heavy atom. The lowest BCUT2D eigenvalue weighted by Crippen LogP contribution is -2.45. The number of carbonyl (C=O) groups excluding carboxylic acids is 3. The fourth-order valence-corrected chi connectivity index (χ4v) is 3.41. The topological polar surface area (TPSA) is 140 Å². The maximum Gasteiger partial charge on any atom is 0.323 e. The van der Waals surface area contributed by atoms with Gasteiger partial charge in [-0.3, -0.25) is 9.59 Å². The Morgan fingerprint density at radius 2 is 1.62 bits per heavy atom. The van der Waals surface area contributed by atoms with E-state index in [1.807, 2.05) is 31.2 Å². The SMILES string of the molecule is COc1cc(CC(=O)N(C)CCN(C)C(=O)NC(C)CC(=O)O)ccc1NC(=O)Nc1ccccc1C. The first kappa shape index (κ1) is 29.0. The summed E-state index contributed by atoms with van der Waals surface area (Å²) >= 11 is 0. The van der Waals surface area contributed by atoms with Gasteiger partial charge >= 0.3 is 18.0 Å². The van der Waals surface area contributed by atoms with E-state index < -0.39 is 24.1 Å². The summed E-state index contributed by atoms with van der Waals surface area (Å²) in [5.41, 5.74) is 2.79. The summed E-state index contributed by atoms with van der Waals surface area (Å²) in [6.07, 6.45) is -0.0682. The third-order valence-electron chi connectivity index (χ3n) is 5.66. The normalized spacial score (nSPS) is 11.2. The molecular weight excluding hydrogens is 478 g/mol. The first-order valence-electron chi connectivity index (χ1n) is 11.8. The number of rotatable bonds is 11. The molecule has 0 aliphatic heterocycles. The molecular formula is C26H35N5O6. The van der Waals surface area contributed by atoms with Crippen molar-refractivity contribution in [3.8, 4) is 5.75 Å². The van der Waals surface area contributed by atoms with Gasteiger partial charge in [0.15, 0.2) is 0 Å². The molecule has 2 aromatic carbocycles. The van der Waals surface area contributed by atoms with Crippen LogP contribution in [0.4, 0.5) is 21.0 Å². The van der Waals surface area contributed by atoms with Crippen molar-refractivity contribution in [1.82, 2.24) is 15.1 Å². The number of aliphatic carboxylic acids is 1. The molecule has 0 aliphatic carbocycles. The van der Waals surface area contributed by atoms with Crippen molar-refractivity contribution in [2.45, 2.75) is 32.7 Å². The molecule has 5 amide bonds. The summed E-state index contributed by atoms with van der Waals surface area (Å²) in [6, 6.07) is 11.2. The van der Waals surface area contributed by atoms with Crippen LogP contribution in [0.5, 0.6) is 5.75 Å². The minimum absolute atomic E-state index is 0.105. The maximum absolute atomic E-state index is 12.7. The van der Waals surface area contributed by atoms with Crippen molar-refractivity contribution in [3.63, 3.8) is 0 Å². The van der Waals surface area contributed by atoms with Gasteiger partial charge in [0.25, 0.3) is 0 Å². The second kappa shape index (κ2) is 13.7. The summed E-state index contributed by atoms with van der Waals surface area (Å²) in [7, 11) is 4.70. The largest absolute Gasteiger partial charge is 0.495 e. The number of hydrogen-bond acceptors (Lipinski definition) is 5. The van der Waals surface area contributed by atoms with E-state index in [1.54, 1.807) is 39.2 Å². The zero-order valence-electron chi connectivity index (χ0n) is 21.8. The molecule has 0 saturated heterocycles. The highest BCUT2D eigenvalue weighted by Gasteiger charge is 2.17. The highest BCUT2D eigenvalue weighted by Crippen LogP contribution is 2.26. The number of carbonyl (C=O) groups is 4. The summed E-state index contributed by atoms with van der Waals surface area (Å²) < 4.78 is 5.41. The van der Waals surface area contributed by atoms with Crippen molar-refractivity contribution >= 4 is 35.3 Å². The van der Waals surface area contributed by atoms with E-state index in [9.17, 15) is 19.2 Å². The second-order valence-electron chi connectivity index (χ2n) is 8.79. The molecule has 0 radical (unpaired) electrons. The van der Waals surface area contributed by atoms with Gasteiger partial charge in [0, 0.05) is 38.9 Å². The Balaban J connectivity index is 1.90. The van der Waals surface area contributed by atoms with E-state index in [-0.39, 0.29) is 25.3 Å². The number of methoxy groups -OCH3 is 1.